The third-order valence-corrected chi connectivity index (χ3v) is 4.88. The molecule has 0 unspecified atom stereocenters. The van der Waals surface area contributed by atoms with Crippen LogP contribution in [0.1, 0.15) is 31.7 Å². The maximum absolute atomic E-state index is 12.1. The van der Waals surface area contributed by atoms with Gasteiger partial charge in [0.25, 0.3) is 0 Å². The largest absolute Gasteiger partial charge is 0.240 e. The molecule has 0 spiro atoms. The van der Waals surface area contributed by atoms with Crippen LogP contribution < -0.4 is 4.72 Å². The maximum atomic E-state index is 12.1. The van der Waals surface area contributed by atoms with Gasteiger partial charge in [-0.05, 0) is 44.2 Å². The number of sulfonamides is 1. The lowest BCUT2D eigenvalue weighted by Crippen LogP contribution is -2.32. The van der Waals surface area contributed by atoms with Gasteiger partial charge in [0.1, 0.15) is 0 Å². The molecule has 1 aliphatic carbocycles. The second kappa shape index (κ2) is 4.78. The van der Waals surface area contributed by atoms with E-state index in [1.165, 1.54) is 0 Å². The molecule has 17 heavy (non-hydrogen) atoms. The van der Waals surface area contributed by atoms with Gasteiger partial charge in [-0.15, -0.1) is 0 Å². The molecule has 1 aromatic rings. The van der Waals surface area contributed by atoms with E-state index < -0.39 is 10.0 Å². The smallest absolute Gasteiger partial charge is 0.208 e. The topological polar surface area (TPSA) is 46.2 Å². The second-order valence-electron chi connectivity index (χ2n) is 5.05. The van der Waals surface area contributed by atoms with E-state index in [0.29, 0.717) is 10.8 Å². The fraction of sp³-hybridized carbons (Fsp3) is 0.538. The Hall–Kier alpha value is -0.870. The van der Waals surface area contributed by atoms with Crippen LogP contribution in [-0.2, 0) is 10.0 Å². The summed E-state index contributed by atoms with van der Waals surface area (Å²) in [5.41, 5.74) is 1.07. The zero-order valence-corrected chi connectivity index (χ0v) is 11.1. The minimum atomic E-state index is -3.33. The Morgan fingerprint density at radius 3 is 2.35 bits per heavy atom. The first-order valence-electron chi connectivity index (χ1n) is 6.06. The SMILES string of the molecule is Cc1ccc(S(=O)(=O)N[C@@H]2CC[C@H](C)C2)cc1. The lowest BCUT2D eigenvalue weighted by atomic mass is 10.1. The summed E-state index contributed by atoms with van der Waals surface area (Å²) in [5, 5.41) is 0. The molecular formula is C13H19NO2S. The molecule has 2 atom stereocenters. The molecule has 0 heterocycles. The van der Waals surface area contributed by atoms with E-state index in [1.54, 1.807) is 12.1 Å². The monoisotopic (exact) mass is 253 g/mol. The first kappa shape index (κ1) is 12.6. The number of hydrogen-bond donors (Lipinski definition) is 1. The minimum Gasteiger partial charge on any atom is -0.208 e. The molecule has 1 aliphatic rings. The first-order valence-corrected chi connectivity index (χ1v) is 7.55. The molecular weight excluding hydrogens is 234 g/mol. The van der Waals surface area contributed by atoms with Crippen LogP contribution in [0.25, 0.3) is 0 Å². The highest BCUT2D eigenvalue weighted by Gasteiger charge is 2.26. The number of hydrogen-bond acceptors (Lipinski definition) is 2. The average Bonchev–Trinajstić information content (AvgIpc) is 2.63. The summed E-state index contributed by atoms with van der Waals surface area (Å²) >= 11 is 0. The van der Waals surface area contributed by atoms with Gasteiger partial charge in [0.2, 0.25) is 10.0 Å². The second-order valence-corrected chi connectivity index (χ2v) is 6.76. The Morgan fingerprint density at radius 1 is 1.18 bits per heavy atom. The fourth-order valence-corrected chi connectivity index (χ4v) is 3.60. The van der Waals surface area contributed by atoms with Crippen molar-refractivity contribution in [3.05, 3.63) is 29.8 Å². The maximum Gasteiger partial charge on any atom is 0.240 e. The normalized spacial score (nSPS) is 25.1. The third-order valence-electron chi connectivity index (χ3n) is 3.35. The van der Waals surface area contributed by atoms with Gasteiger partial charge in [-0.2, -0.15) is 0 Å². The Bertz CT molecular complexity index is 479. The van der Waals surface area contributed by atoms with E-state index in [9.17, 15) is 8.42 Å². The Labute approximate surface area is 103 Å². The van der Waals surface area contributed by atoms with Gasteiger partial charge < -0.3 is 0 Å². The highest BCUT2D eigenvalue weighted by atomic mass is 32.2. The van der Waals surface area contributed by atoms with Gasteiger partial charge in [0, 0.05) is 6.04 Å². The van der Waals surface area contributed by atoms with Crippen molar-refractivity contribution in [3.8, 4) is 0 Å². The zero-order chi connectivity index (χ0) is 12.5. The van der Waals surface area contributed by atoms with Crippen molar-refractivity contribution in [2.75, 3.05) is 0 Å². The molecule has 3 nitrogen and oxygen atoms in total. The van der Waals surface area contributed by atoms with Crippen LogP contribution in [0.5, 0.6) is 0 Å². The average molecular weight is 253 g/mol. The van der Waals surface area contributed by atoms with Crippen molar-refractivity contribution in [2.45, 2.75) is 44.0 Å². The Morgan fingerprint density at radius 2 is 1.82 bits per heavy atom. The van der Waals surface area contributed by atoms with Crippen molar-refractivity contribution in [1.82, 2.24) is 4.72 Å². The molecule has 1 saturated carbocycles. The van der Waals surface area contributed by atoms with E-state index in [-0.39, 0.29) is 6.04 Å². The minimum absolute atomic E-state index is 0.108. The van der Waals surface area contributed by atoms with Crippen LogP contribution in [0, 0.1) is 12.8 Å². The summed E-state index contributed by atoms with van der Waals surface area (Å²) in [6.45, 7) is 4.11. The summed E-state index contributed by atoms with van der Waals surface area (Å²) in [7, 11) is -3.33. The number of aryl methyl sites for hydroxylation is 1. The molecule has 0 aromatic heterocycles. The number of nitrogens with one attached hydrogen (secondary N) is 1. The predicted octanol–water partition coefficient (Wildman–Crippen LogP) is 2.46. The van der Waals surface area contributed by atoms with Gasteiger partial charge in [-0.3, -0.25) is 0 Å². The highest BCUT2D eigenvalue weighted by molar-refractivity contribution is 7.89. The summed E-state index contributed by atoms with van der Waals surface area (Å²) in [5.74, 6) is 0.626. The summed E-state index contributed by atoms with van der Waals surface area (Å²) in [6.07, 6.45) is 3.01. The van der Waals surface area contributed by atoms with Gasteiger partial charge in [-0.1, -0.05) is 24.6 Å². The molecule has 0 radical (unpaired) electrons. The van der Waals surface area contributed by atoms with Crippen molar-refractivity contribution >= 4 is 10.0 Å². The van der Waals surface area contributed by atoms with Crippen LogP contribution in [0.3, 0.4) is 0 Å². The molecule has 2 rings (SSSR count). The van der Waals surface area contributed by atoms with E-state index in [1.807, 2.05) is 19.1 Å². The van der Waals surface area contributed by atoms with E-state index in [2.05, 4.69) is 11.6 Å². The Kier molecular flexibility index (Phi) is 3.54. The Balaban J connectivity index is 2.11. The summed E-state index contributed by atoms with van der Waals surface area (Å²) < 4.78 is 27.0. The lowest BCUT2D eigenvalue weighted by molar-refractivity contribution is 0.538. The van der Waals surface area contributed by atoms with Crippen molar-refractivity contribution in [3.63, 3.8) is 0 Å². The van der Waals surface area contributed by atoms with Crippen molar-refractivity contribution < 1.29 is 8.42 Å². The predicted molar refractivity (Wildman–Crippen MR) is 68.3 cm³/mol. The molecule has 94 valence electrons. The van der Waals surface area contributed by atoms with E-state index >= 15 is 0 Å². The fourth-order valence-electron chi connectivity index (χ4n) is 2.32. The van der Waals surface area contributed by atoms with E-state index in [4.69, 9.17) is 0 Å². The van der Waals surface area contributed by atoms with Gasteiger partial charge >= 0.3 is 0 Å². The molecule has 4 heteroatoms. The van der Waals surface area contributed by atoms with Crippen molar-refractivity contribution in [2.24, 2.45) is 5.92 Å². The molecule has 1 fully saturated rings. The lowest BCUT2D eigenvalue weighted by Gasteiger charge is -2.13. The third kappa shape index (κ3) is 3.07. The van der Waals surface area contributed by atoms with Gasteiger partial charge in [-0.25, -0.2) is 13.1 Å². The van der Waals surface area contributed by atoms with Crippen LogP contribution in [0.4, 0.5) is 0 Å². The van der Waals surface area contributed by atoms with Crippen LogP contribution >= 0.6 is 0 Å². The van der Waals surface area contributed by atoms with Crippen LogP contribution in [0.2, 0.25) is 0 Å². The highest BCUT2D eigenvalue weighted by Crippen LogP contribution is 2.26. The van der Waals surface area contributed by atoms with Crippen molar-refractivity contribution in [1.29, 1.82) is 0 Å². The zero-order valence-electron chi connectivity index (χ0n) is 10.3. The van der Waals surface area contributed by atoms with Crippen LogP contribution in [-0.4, -0.2) is 14.5 Å². The molecule has 0 saturated heterocycles. The molecule has 0 aliphatic heterocycles. The molecule has 0 bridgehead atoms. The molecule has 1 N–H and O–H groups in total. The first-order chi connectivity index (χ1) is 7.97. The van der Waals surface area contributed by atoms with Gasteiger partial charge in [0.05, 0.1) is 4.90 Å². The number of benzene rings is 1. The summed E-state index contributed by atoms with van der Waals surface area (Å²) in [4.78, 5) is 0.364. The van der Waals surface area contributed by atoms with E-state index in [0.717, 1.165) is 24.8 Å². The molecule has 0 amide bonds. The van der Waals surface area contributed by atoms with Gasteiger partial charge in [0.15, 0.2) is 0 Å². The molecule has 1 aromatic carbocycles. The number of rotatable bonds is 3. The van der Waals surface area contributed by atoms with Crippen LogP contribution in [0.15, 0.2) is 29.2 Å². The quantitative estimate of drug-likeness (QED) is 0.899. The standard InChI is InChI=1S/C13H19NO2S/c1-10-4-7-13(8-5-10)17(15,16)14-12-6-3-11(2)9-12/h4-5,7-8,11-12,14H,3,6,9H2,1-2H3/t11-,12+/m0/s1. The summed E-state index contributed by atoms with van der Waals surface area (Å²) in [6, 6.07) is 7.08.